The third-order valence-electron chi connectivity index (χ3n) is 2.37. The van der Waals surface area contributed by atoms with Crippen LogP contribution in [0.25, 0.3) is 0 Å². The van der Waals surface area contributed by atoms with Gasteiger partial charge in [0.1, 0.15) is 0 Å². The maximum atomic E-state index is 13.0. The van der Waals surface area contributed by atoms with Crippen molar-refractivity contribution in [2.24, 2.45) is 0 Å². The Balaban J connectivity index is 2.11. The first-order valence-corrected chi connectivity index (χ1v) is 5.98. The lowest BCUT2D eigenvalue weighted by atomic mass is 10.2. The molecule has 18 heavy (non-hydrogen) atoms. The Morgan fingerprint density at radius 3 is 2.28 bits per heavy atom. The monoisotopic (exact) mass is 315 g/mol. The molecule has 2 rings (SSSR count). The van der Waals surface area contributed by atoms with Crippen LogP contribution in [0.4, 0.5) is 18.9 Å². The Kier molecular flexibility index (Phi) is 3.91. The number of hydrogen-bond acceptors (Lipinski definition) is 1. The fraction of sp³-hybridized carbons (Fsp3) is 0.0769. The largest absolute Gasteiger partial charge is 0.381 e. The van der Waals surface area contributed by atoms with Crippen LogP contribution in [-0.2, 0) is 6.54 Å². The minimum absolute atomic E-state index is 0.200. The molecule has 2 aromatic carbocycles. The molecule has 1 nitrogen and oxygen atoms in total. The van der Waals surface area contributed by atoms with Gasteiger partial charge in [0.2, 0.25) is 0 Å². The molecule has 0 heterocycles. The van der Waals surface area contributed by atoms with Crippen molar-refractivity contribution >= 4 is 21.6 Å². The van der Waals surface area contributed by atoms with Gasteiger partial charge in [-0.1, -0.05) is 28.1 Å². The summed E-state index contributed by atoms with van der Waals surface area (Å²) in [5.74, 6) is -3.86. The molecule has 0 unspecified atom stereocenters. The maximum absolute atomic E-state index is 13.0. The van der Waals surface area contributed by atoms with Crippen molar-refractivity contribution in [1.82, 2.24) is 0 Å². The van der Waals surface area contributed by atoms with Gasteiger partial charge in [-0.25, -0.2) is 13.2 Å². The fourth-order valence-electron chi connectivity index (χ4n) is 1.51. The minimum atomic E-state index is -1.46. The van der Waals surface area contributed by atoms with Gasteiger partial charge in [0.15, 0.2) is 17.5 Å². The number of benzene rings is 2. The van der Waals surface area contributed by atoms with Crippen molar-refractivity contribution in [3.8, 4) is 0 Å². The van der Waals surface area contributed by atoms with Crippen molar-refractivity contribution in [2.75, 3.05) is 5.32 Å². The van der Waals surface area contributed by atoms with E-state index < -0.39 is 17.5 Å². The number of halogens is 4. The van der Waals surface area contributed by atoms with Gasteiger partial charge in [-0.05, 0) is 17.7 Å². The Labute approximate surface area is 111 Å². The van der Waals surface area contributed by atoms with Crippen LogP contribution in [-0.4, -0.2) is 0 Å². The van der Waals surface area contributed by atoms with Crippen LogP contribution >= 0.6 is 15.9 Å². The van der Waals surface area contributed by atoms with E-state index in [1.807, 2.05) is 24.3 Å². The van der Waals surface area contributed by atoms with E-state index in [0.717, 1.165) is 22.2 Å². The van der Waals surface area contributed by atoms with Crippen LogP contribution in [0.2, 0.25) is 0 Å². The predicted octanol–water partition coefficient (Wildman–Crippen LogP) is 4.48. The normalized spacial score (nSPS) is 10.4. The molecule has 0 bridgehead atoms. The maximum Gasteiger partial charge on any atom is 0.194 e. The highest BCUT2D eigenvalue weighted by Crippen LogP contribution is 2.18. The molecule has 1 N–H and O–H groups in total. The van der Waals surface area contributed by atoms with Crippen molar-refractivity contribution in [1.29, 1.82) is 0 Å². The van der Waals surface area contributed by atoms with Gasteiger partial charge in [0.25, 0.3) is 0 Å². The Hall–Kier alpha value is -1.49. The summed E-state index contributed by atoms with van der Waals surface area (Å²) < 4.78 is 39.6. The quantitative estimate of drug-likeness (QED) is 0.823. The SMILES string of the molecule is Fc1cc(NCc2cccc(Br)c2)cc(F)c1F. The molecular weight excluding hydrogens is 307 g/mol. The predicted molar refractivity (Wildman–Crippen MR) is 67.8 cm³/mol. The first kappa shape index (κ1) is 13.0. The lowest BCUT2D eigenvalue weighted by Crippen LogP contribution is -2.01. The number of anilines is 1. The number of rotatable bonds is 3. The molecule has 94 valence electrons. The molecule has 0 atom stereocenters. The highest BCUT2D eigenvalue weighted by Gasteiger charge is 2.10. The van der Waals surface area contributed by atoms with Crippen molar-refractivity contribution in [3.63, 3.8) is 0 Å². The first-order valence-electron chi connectivity index (χ1n) is 5.19. The summed E-state index contributed by atoms with van der Waals surface area (Å²) >= 11 is 3.32. The second-order valence-electron chi connectivity index (χ2n) is 3.74. The van der Waals surface area contributed by atoms with Crippen LogP contribution in [0.5, 0.6) is 0 Å². The standard InChI is InChI=1S/C13H9BrF3N/c14-9-3-1-2-8(4-9)7-18-10-5-11(15)13(17)12(16)6-10/h1-6,18H,7H2. The molecule has 5 heteroatoms. The highest BCUT2D eigenvalue weighted by molar-refractivity contribution is 9.10. The molecule has 0 aliphatic rings. The average molecular weight is 316 g/mol. The number of nitrogens with one attached hydrogen (secondary N) is 1. The Morgan fingerprint density at radius 1 is 1.00 bits per heavy atom. The molecule has 0 aromatic heterocycles. The van der Waals surface area contributed by atoms with Crippen LogP contribution in [0.1, 0.15) is 5.56 Å². The zero-order chi connectivity index (χ0) is 13.1. The van der Waals surface area contributed by atoms with Gasteiger partial charge in [0, 0.05) is 28.8 Å². The summed E-state index contributed by atoms with van der Waals surface area (Å²) in [5, 5.41) is 2.83. The smallest absolute Gasteiger partial charge is 0.194 e. The van der Waals surface area contributed by atoms with Crippen LogP contribution < -0.4 is 5.32 Å². The fourth-order valence-corrected chi connectivity index (χ4v) is 1.96. The van der Waals surface area contributed by atoms with Crippen LogP contribution in [0, 0.1) is 17.5 Å². The van der Waals surface area contributed by atoms with Gasteiger partial charge in [-0.2, -0.15) is 0 Å². The molecular formula is C13H9BrF3N. The summed E-state index contributed by atoms with van der Waals surface area (Å²) in [6.07, 6.45) is 0. The van der Waals surface area contributed by atoms with Gasteiger partial charge in [-0.3, -0.25) is 0 Å². The average Bonchev–Trinajstić information content (AvgIpc) is 2.33. The molecule has 2 aromatic rings. The summed E-state index contributed by atoms with van der Waals surface area (Å²) in [7, 11) is 0. The van der Waals surface area contributed by atoms with E-state index in [2.05, 4.69) is 21.2 Å². The van der Waals surface area contributed by atoms with E-state index in [1.54, 1.807) is 0 Å². The van der Waals surface area contributed by atoms with E-state index in [0.29, 0.717) is 6.54 Å². The summed E-state index contributed by atoms with van der Waals surface area (Å²) in [4.78, 5) is 0. The molecule has 0 amide bonds. The lowest BCUT2D eigenvalue weighted by molar-refractivity contribution is 0.447. The zero-order valence-corrected chi connectivity index (χ0v) is 10.8. The second kappa shape index (κ2) is 5.44. The Morgan fingerprint density at radius 2 is 1.67 bits per heavy atom. The first-order chi connectivity index (χ1) is 8.56. The molecule has 0 aliphatic carbocycles. The van der Waals surface area contributed by atoms with E-state index in [1.165, 1.54) is 0 Å². The lowest BCUT2D eigenvalue weighted by Gasteiger charge is -2.08. The molecule has 0 radical (unpaired) electrons. The Bertz CT molecular complexity index is 549. The van der Waals surface area contributed by atoms with Gasteiger partial charge in [0.05, 0.1) is 0 Å². The van der Waals surface area contributed by atoms with E-state index >= 15 is 0 Å². The van der Waals surface area contributed by atoms with Crippen molar-refractivity contribution in [2.45, 2.75) is 6.54 Å². The summed E-state index contributed by atoms with van der Waals surface area (Å²) in [6.45, 7) is 0.393. The third-order valence-corrected chi connectivity index (χ3v) is 2.86. The van der Waals surface area contributed by atoms with Gasteiger partial charge < -0.3 is 5.32 Å². The topological polar surface area (TPSA) is 12.0 Å². The summed E-state index contributed by atoms with van der Waals surface area (Å²) in [6, 6.07) is 9.33. The molecule has 0 spiro atoms. The zero-order valence-electron chi connectivity index (χ0n) is 9.18. The van der Waals surface area contributed by atoms with Crippen LogP contribution in [0.15, 0.2) is 40.9 Å². The molecule has 0 saturated heterocycles. The number of hydrogen-bond donors (Lipinski definition) is 1. The minimum Gasteiger partial charge on any atom is -0.381 e. The van der Waals surface area contributed by atoms with Gasteiger partial charge in [-0.15, -0.1) is 0 Å². The summed E-state index contributed by atoms with van der Waals surface area (Å²) in [5.41, 5.74) is 1.14. The molecule has 0 fully saturated rings. The third kappa shape index (κ3) is 3.04. The second-order valence-corrected chi connectivity index (χ2v) is 4.65. The van der Waals surface area contributed by atoms with Gasteiger partial charge >= 0.3 is 0 Å². The van der Waals surface area contributed by atoms with Crippen LogP contribution in [0.3, 0.4) is 0 Å². The molecule has 0 aliphatic heterocycles. The van der Waals surface area contributed by atoms with Crippen molar-refractivity contribution in [3.05, 3.63) is 63.9 Å². The highest BCUT2D eigenvalue weighted by atomic mass is 79.9. The molecule has 0 saturated carbocycles. The van der Waals surface area contributed by atoms with E-state index in [-0.39, 0.29) is 5.69 Å². The van der Waals surface area contributed by atoms with Crippen molar-refractivity contribution < 1.29 is 13.2 Å². The van der Waals surface area contributed by atoms with E-state index in [9.17, 15) is 13.2 Å². The van der Waals surface area contributed by atoms with E-state index in [4.69, 9.17) is 0 Å².